The van der Waals surface area contributed by atoms with Crippen LogP contribution in [0.2, 0.25) is 0 Å². The van der Waals surface area contributed by atoms with Gasteiger partial charge in [-0.25, -0.2) is 9.59 Å². The summed E-state index contributed by atoms with van der Waals surface area (Å²) >= 11 is 0. The average molecular weight is 371 g/mol. The summed E-state index contributed by atoms with van der Waals surface area (Å²) < 4.78 is 15.1. The van der Waals surface area contributed by atoms with E-state index in [0.717, 1.165) is 6.42 Å². The third kappa shape index (κ3) is 5.85. The van der Waals surface area contributed by atoms with Crippen molar-refractivity contribution >= 4 is 23.5 Å². The van der Waals surface area contributed by atoms with Gasteiger partial charge in [0, 0.05) is 5.69 Å². The molecule has 27 heavy (non-hydrogen) atoms. The number of hydrogen-bond acceptors (Lipinski definition) is 6. The van der Waals surface area contributed by atoms with E-state index in [0.29, 0.717) is 23.6 Å². The van der Waals surface area contributed by atoms with E-state index in [9.17, 15) is 14.4 Å². The molecule has 0 unspecified atom stereocenters. The smallest absolute Gasteiger partial charge is 0.342 e. The van der Waals surface area contributed by atoms with Gasteiger partial charge in [-0.15, -0.1) is 0 Å². The zero-order valence-electron chi connectivity index (χ0n) is 15.2. The van der Waals surface area contributed by atoms with Crippen molar-refractivity contribution in [1.29, 1.82) is 0 Å². The zero-order valence-corrected chi connectivity index (χ0v) is 15.2. The topological polar surface area (TPSA) is 90.9 Å². The molecule has 0 saturated heterocycles. The van der Waals surface area contributed by atoms with Crippen molar-refractivity contribution in [3.8, 4) is 5.75 Å². The summed E-state index contributed by atoms with van der Waals surface area (Å²) in [4.78, 5) is 35.7. The SMILES string of the molecule is CCCOC(=O)c1ccc(NC(=O)COC(=O)c2ccccc2OC)cc1. The van der Waals surface area contributed by atoms with Crippen molar-refractivity contribution in [2.45, 2.75) is 13.3 Å². The van der Waals surface area contributed by atoms with Crippen LogP contribution in [0.15, 0.2) is 48.5 Å². The molecule has 0 fully saturated rings. The van der Waals surface area contributed by atoms with E-state index in [4.69, 9.17) is 14.2 Å². The molecule has 0 aliphatic rings. The van der Waals surface area contributed by atoms with Crippen LogP contribution < -0.4 is 10.1 Å². The van der Waals surface area contributed by atoms with Crippen molar-refractivity contribution in [2.75, 3.05) is 25.6 Å². The lowest BCUT2D eigenvalue weighted by Gasteiger charge is -2.09. The number of benzene rings is 2. The molecule has 0 bridgehead atoms. The number of amides is 1. The van der Waals surface area contributed by atoms with E-state index in [-0.39, 0.29) is 5.56 Å². The molecule has 1 N–H and O–H groups in total. The minimum atomic E-state index is -0.656. The van der Waals surface area contributed by atoms with Gasteiger partial charge in [0.25, 0.3) is 5.91 Å². The van der Waals surface area contributed by atoms with Gasteiger partial charge >= 0.3 is 11.9 Å². The maximum atomic E-state index is 12.1. The third-order valence-electron chi connectivity index (χ3n) is 3.50. The van der Waals surface area contributed by atoms with Crippen LogP contribution in [0.1, 0.15) is 34.1 Å². The van der Waals surface area contributed by atoms with Crippen molar-refractivity contribution < 1.29 is 28.6 Å². The first-order valence-electron chi connectivity index (χ1n) is 8.42. The Morgan fingerprint density at radius 2 is 1.63 bits per heavy atom. The van der Waals surface area contributed by atoms with Crippen LogP contribution in [-0.4, -0.2) is 38.2 Å². The normalized spacial score (nSPS) is 10.0. The summed E-state index contributed by atoms with van der Waals surface area (Å²) in [5.74, 6) is -1.20. The molecule has 142 valence electrons. The quantitative estimate of drug-likeness (QED) is 0.717. The van der Waals surface area contributed by atoms with E-state index in [1.807, 2.05) is 6.92 Å². The zero-order chi connectivity index (χ0) is 19.6. The molecule has 0 aliphatic carbocycles. The molecule has 2 rings (SSSR count). The molecular weight excluding hydrogens is 350 g/mol. The molecule has 1 amide bonds. The van der Waals surface area contributed by atoms with E-state index >= 15 is 0 Å². The molecule has 0 spiro atoms. The van der Waals surface area contributed by atoms with Gasteiger partial charge < -0.3 is 19.5 Å². The van der Waals surface area contributed by atoms with E-state index in [2.05, 4.69) is 5.32 Å². The maximum absolute atomic E-state index is 12.1. The fourth-order valence-electron chi connectivity index (χ4n) is 2.19. The van der Waals surface area contributed by atoms with Crippen molar-refractivity contribution in [1.82, 2.24) is 0 Å². The van der Waals surface area contributed by atoms with Crippen LogP contribution >= 0.6 is 0 Å². The molecule has 0 heterocycles. The number of carbonyl (C=O) groups is 3. The first kappa shape index (κ1) is 20.0. The molecule has 2 aromatic carbocycles. The van der Waals surface area contributed by atoms with Gasteiger partial charge in [0.15, 0.2) is 6.61 Å². The predicted molar refractivity (Wildman–Crippen MR) is 98.9 cm³/mol. The summed E-state index contributed by atoms with van der Waals surface area (Å²) in [6.07, 6.45) is 0.744. The molecule has 0 atom stereocenters. The summed E-state index contributed by atoms with van der Waals surface area (Å²) in [5, 5.41) is 2.59. The highest BCUT2D eigenvalue weighted by atomic mass is 16.5. The highest BCUT2D eigenvalue weighted by Crippen LogP contribution is 2.18. The second-order valence-electron chi connectivity index (χ2n) is 5.54. The highest BCUT2D eigenvalue weighted by molar-refractivity contribution is 5.97. The lowest BCUT2D eigenvalue weighted by Crippen LogP contribution is -2.21. The Bertz CT molecular complexity index is 800. The Labute approximate surface area is 157 Å². The number of carbonyl (C=O) groups excluding carboxylic acids is 3. The van der Waals surface area contributed by atoms with Crippen LogP contribution in [-0.2, 0) is 14.3 Å². The van der Waals surface area contributed by atoms with Crippen molar-refractivity contribution in [2.24, 2.45) is 0 Å². The minimum Gasteiger partial charge on any atom is -0.496 e. The minimum absolute atomic E-state index is 0.239. The maximum Gasteiger partial charge on any atom is 0.342 e. The molecule has 7 nitrogen and oxygen atoms in total. The average Bonchev–Trinajstić information content (AvgIpc) is 2.70. The van der Waals surface area contributed by atoms with Gasteiger partial charge in [-0.3, -0.25) is 4.79 Å². The van der Waals surface area contributed by atoms with Gasteiger partial charge in [-0.2, -0.15) is 0 Å². The fourth-order valence-corrected chi connectivity index (χ4v) is 2.19. The number of rotatable bonds is 8. The van der Waals surface area contributed by atoms with Gasteiger partial charge in [0.05, 0.1) is 19.3 Å². The van der Waals surface area contributed by atoms with E-state index in [1.165, 1.54) is 7.11 Å². The van der Waals surface area contributed by atoms with Crippen molar-refractivity contribution in [3.63, 3.8) is 0 Å². The Kier molecular flexibility index (Phi) is 7.37. The Morgan fingerprint density at radius 1 is 0.926 bits per heavy atom. The number of para-hydroxylation sites is 1. The van der Waals surface area contributed by atoms with Crippen LogP contribution in [0.3, 0.4) is 0 Å². The summed E-state index contributed by atoms with van der Waals surface area (Å²) in [5.41, 5.74) is 1.10. The van der Waals surface area contributed by atoms with Gasteiger partial charge in [-0.1, -0.05) is 19.1 Å². The third-order valence-corrected chi connectivity index (χ3v) is 3.50. The van der Waals surface area contributed by atoms with Crippen LogP contribution in [0.5, 0.6) is 5.75 Å². The fraction of sp³-hybridized carbons (Fsp3) is 0.250. The number of ether oxygens (including phenoxy) is 3. The van der Waals surface area contributed by atoms with Crippen LogP contribution in [0.4, 0.5) is 5.69 Å². The molecule has 0 saturated carbocycles. The molecule has 0 aromatic heterocycles. The number of nitrogens with one attached hydrogen (secondary N) is 1. The monoisotopic (exact) mass is 371 g/mol. The highest BCUT2D eigenvalue weighted by Gasteiger charge is 2.15. The summed E-state index contributed by atoms with van der Waals surface area (Å²) in [6.45, 7) is 1.82. The molecule has 7 heteroatoms. The van der Waals surface area contributed by atoms with Gasteiger partial charge in [0.1, 0.15) is 11.3 Å². The molecular formula is C20H21NO6. The lowest BCUT2D eigenvalue weighted by atomic mass is 10.2. The Balaban J connectivity index is 1.86. The Hall–Kier alpha value is -3.35. The first-order chi connectivity index (χ1) is 13.0. The van der Waals surface area contributed by atoms with Crippen molar-refractivity contribution in [3.05, 3.63) is 59.7 Å². The second kappa shape index (κ2) is 9.96. The van der Waals surface area contributed by atoms with Gasteiger partial charge in [-0.05, 0) is 42.8 Å². The number of hydrogen-bond donors (Lipinski definition) is 1. The largest absolute Gasteiger partial charge is 0.496 e. The number of anilines is 1. The van der Waals surface area contributed by atoms with E-state index in [1.54, 1.807) is 48.5 Å². The lowest BCUT2D eigenvalue weighted by molar-refractivity contribution is -0.119. The first-order valence-corrected chi connectivity index (χ1v) is 8.42. The van der Waals surface area contributed by atoms with Crippen LogP contribution in [0, 0.1) is 0 Å². The standard InChI is InChI=1S/C20H21NO6/c1-3-12-26-19(23)14-8-10-15(11-9-14)21-18(22)13-27-20(24)16-6-4-5-7-17(16)25-2/h4-11H,3,12-13H2,1-2H3,(H,21,22). The predicted octanol–water partition coefficient (Wildman–Crippen LogP) is 3.06. The van der Waals surface area contributed by atoms with E-state index < -0.39 is 24.5 Å². The van der Waals surface area contributed by atoms with Gasteiger partial charge in [0.2, 0.25) is 0 Å². The molecule has 0 radical (unpaired) electrons. The summed E-state index contributed by atoms with van der Waals surface area (Å²) in [6, 6.07) is 12.8. The van der Waals surface area contributed by atoms with Crippen LogP contribution in [0.25, 0.3) is 0 Å². The number of methoxy groups -OCH3 is 1. The summed E-state index contributed by atoms with van der Waals surface area (Å²) in [7, 11) is 1.44. The second-order valence-corrected chi connectivity index (χ2v) is 5.54. The number of esters is 2. The Morgan fingerprint density at radius 3 is 2.30 bits per heavy atom. The molecule has 0 aliphatic heterocycles. The molecule has 2 aromatic rings.